The number of hydrogen-bond acceptors (Lipinski definition) is 4. The third-order valence-corrected chi connectivity index (χ3v) is 9.16. The molecule has 8 rings (SSSR count). The van der Waals surface area contributed by atoms with Crippen molar-refractivity contribution in [1.29, 1.82) is 0 Å². The van der Waals surface area contributed by atoms with Crippen molar-refractivity contribution in [2.45, 2.75) is 0 Å². The lowest BCUT2D eigenvalue weighted by Gasteiger charge is -2.08. The Morgan fingerprint density at radius 2 is 1.19 bits per heavy atom. The zero-order valence-electron chi connectivity index (χ0n) is 19.1. The van der Waals surface area contributed by atoms with Crippen LogP contribution in [-0.2, 0) is 0 Å². The van der Waals surface area contributed by atoms with E-state index in [2.05, 4.69) is 84.9 Å². The fourth-order valence-corrected chi connectivity index (χ4v) is 7.40. The van der Waals surface area contributed by atoms with Crippen molar-refractivity contribution in [3.63, 3.8) is 0 Å². The minimum Gasteiger partial charge on any atom is -0.243 e. The maximum absolute atomic E-state index is 4.97. The highest BCUT2D eigenvalue weighted by molar-refractivity contribution is 7.26. The molecule has 0 radical (unpaired) electrons. The molecule has 0 aliphatic rings. The Bertz CT molecular complexity index is 2120. The van der Waals surface area contributed by atoms with Crippen LogP contribution in [0.1, 0.15) is 0 Å². The summed E-state index contributed by atoms with van der Waals surface area (Å²) in [6, 6.07) is 39.0. The maximum atomic E-state index is 4.97. The molecule has 3 heterocycles. The van der Waals surface area contributed by atoms with Gasteiger partial charge in [-0.1, -0.05) is 72.8 Å². The number of benzene rings is 5. The molecular weight excluding hydrogens is 477 g/mol. The van der Waals surface area contributed by atoms with E-state index in [0.29, 0.717) is 0 Å². The molecule has 0 unspecified atom stereocenters. The molecule has 0 N–H and O–H groups in total. The summed E-state index contributed by atoms with van der Waals surface area (Å²) in [7, 11) is 0. The Hall–Kier alpha value is -4.12. The topological polar surface area (TPSA) is 25.8 Å². The van der Waals surface area contributed by atoms with Crippen molar-refractivity contribution in [3.8, 4) is 22.3 Å². The van der Waals surface area contributed by atoms with E-state index >= 15 is 0 Å². The highest BCUT2D eigenvalue weighted by Gasteiger charge is 2.13. The third-order valence-electron chi connectivity index (χ3n) is 6.89. The van der Waals surface area contributed by atoms with Gasteiger partial charge in [0.1, 0.15) is 10.3 Å². The predicted octanol–water partition coefficient (Wildman–Crippen LogP) is 9.70. The minimum absolute atomic E-state index is 0.938. The standard InChI is InChI=1S/C32H18N2S2/c1-4-14-28-23(9-1)24-11-6-10-22(31(24)35-28)21-8-5-7-19(17-21)20-15-16-29-25(18-20)30-32(36-29)34-27-13-3-2-12-26(27)33-30/h1-18H. The Morgan fingerprint density at radius 1 is 0.472 bits per heavy atom. The summed E-state index contributed by atoms with van der Waals surface area (Å²) in [6.45, 7) is 0. The molecule has 0 saturated carbocycles. The van der Waals surface area contributed by atoms with Gasteiger partial charge < -0.3 is 0 Å². The van der Waals surface area contributed by atoms with Gasteiger partial charge in [-0.25, -0.2) is 9.97 Å². The van der Waals surface area contributed by atoms with Gasteiger partial charge in [-0.15, -0.1) is 22.7 Å². The molecule has 5 aromatic carbocycles. The van der Waals surface area contributed by atoms with Crippen molar-refractivity contribution in [3.05, 3.63) is 109 Å². The van der Waals surface area contributed by atoms with Gasteiger partial charge in [0.05, 0.1) is 11.0 Å². The van der Waals surface area contributed by atoms with Crippen LogP contribution in [0, 0.1) is 0 Å². The van der Waals surface area contributed by atoms with Crippen molar-refractivity contribution in [2.75, 3.05) is 0 Å². The summed E-state index contributed by atoms with van der Waals surface area (Å²) in [5, 5.41) is 3.83. The van der Waals surface area contributed by atoms with Crippen LogP contribution in [0.5, 0.6) is 0 Å². The Labute approximate surface area is 215 Å². The quantitative estimate of drug-likeness (QED) is 0.239. The van der Waals surface area contributed by atoms with Crippen LogP contribution >= 0.6 is 22.7 Å². The second kappa shape index (κ2) is 7.69. The van der Waals surface area contributed by atoms with Crippen molar-refractivity contribution < 1.29 is 0 Å². The highest BCUT2D eigenvalue weighted by Crippen LogP contribution is 2.41. The summed E-state index contributed by atoms with van der Waals surface area (Å²) in [6.07, 6.45) is 0. The molecule has 0 saturated heterocycles. The average Bonchev–Trinajstić information content (AvgIpc) is 3.49. The second-order valence-corrected chi connectivity index (χ2v) is 11.1. The molecule has 4 heteroatoms. The summed E-state index contributed by atoms with van der Waals surface area (Å²) in [4.78, 5) is 10.8. The van der Waals surface area contributed by atoms with Crippen molar-refractivity contribution >= 4 is 74.3 Å². The van der Waals surface area contributed by atoms with E-state index in [1.807, 2.05) is 35.6 Å². The van der Waals surface area contributed by atoms with E-state index in [1.165, 1.54) is 52.5 Å². The van der Waals surface area contributed by atoms with Crippen molar-refractivity contribution in [1.82, 2.24) is 9.97 Å². The van der Waals surface area contributed by atoms with E-state index in [0.717, 1.165) is 21.4 Å². The maximum Gasteiger partial charge on any atom is 0.143 e. The summed E-state index contributed by atoms with van der Waals surface area (Å²) in [5.74, 6) is 0. The first kappa shape index (κ1) is 20.1. The first-order valence-corrected chi connectivity index (χ1v) is 13.6. The van der Waals surface area contributed by atoms with Gasteiger partial charge in [0.2, 0.25) is 0 Å². The zero-order valence-corrected chi connectivity index (χ0v) is 20.7. The molecule has 0 fully saturated rings. The predicted molar refractivity (Wildman–Crippen MR) is 156 cm³/mol. The van der Waals surface area contributed by atoms with Gasteiger partial charge in [0, 0.05) is 30.3 Å². The Balaban J connectivity index is 1.30. The lowest BCUT2D eigenvalue weighted by molar-refractivity contribution is 1.43. The fourth-order valence-electron chi connectivity index (χ4n) is 5.16. The molecule has 0 atom stereocenters. The summed E-state index contributed by atoms with van der Waals surface area (Å²) < 4.78 is 3.90. The lowest BCUT2D eigenvalue weighted by atomic mass is 9.97. The third kappa shape index (κ3) is 3.02. The summed E-state index contributed by atoms with van der Waals surface area (Å²) in [5.41, 5.74) is 7.80. The van der Waals surface area contributed by atoms with Crippen LogP contribution in [0.15, 0.2) is 109 Å². The van der Waals surface area contributed by atoms with Crippen LogP contribution in [0.2, 0.25) is 0 Å². The van der Waals surface area contributed by atoms with E-state index in [1.54, 1.807) is 11.3 Å². The van der Waals surface area contributed by atoms with Gasteiger partial charge in [0.15, 0.2) is 0 Å². The van der Waals surface area contributed by atoms with Crippen LogP contribution in [0.3, 0.4) is 0 Å². The van der Waals surface area contributed by atoms with Gasteiger partial charge in [0.25, 0.3) is 0 Å². The largest absolute Gasteiger partial charge is 0.243 e. The average molecular weight is 495 g/mol. The number of fused-ring (bicyclic) bond motifs is 7. The molecule has 36 heavy (non-hydrogen) atoms. The fraction of sp³-hybridized carbons (Fsp3) is 0. The lowest BCUT2D eigenvalue weighted by Crippen LogP contribution is -1.84. The highest BCUT2D eigenvalue weighted by atomic mass is 32.1. The van der Waals surface area contributed by atoms with E-state index in [-0.39, 0.29) is 0 Å². The molecule has 3 aromatic heterocycles. The second-order valence-electron chi connectivity index (χ2n) is 9.04. The Morgan fingerprint density at radius 3 is 2.14 bits per heavy atom. The Kier molecular flexibility index (Phi) is 4.30. The van der Waals surface area contributed by atoms with Crippen LogP contribution in [-0.4, -0.2) is 9.97 Å². The first-order chi connectivity index (χ1) is 17.8. The number of thiophene rings is 2. The number of aromatic nitrogens is 2. The molecule has 168 valence electrons. The number of rotatable bonds is 2. The molecule has 2 nitrogen and oxygen atoms in total. The van der Waals surface area contributed by atoms with Gasteiger partial charge in [-0.3, -0.25) is 0 Å². The number of para-hydroxylation sites is 2. The zero-order chi connectivity index (χ0) is 23.6. The molecule has 0 spiro atoms. The smallest absolute Gasteiger partial charge is 0.143 e. The molecule has 0 bridgehead atoms. The van der Waals surface area contributed by atoms with E-state index in [9.17, 15) is 0 Å². The van der Waals surface area contributed by atoms with Gasteiger partial charge in [-0.05, 0) is 58.7 Å². The molecule has 0 aliphatic heterocycles. The van der Waals surface area contributed by atoms with E-state index in [4.69, 9.17) is 9.97 Å². The SMILES string of the molecule is c1cc(-c2ccc3sc4nc5ccccc5nc4c3c2)cc(-c2cccc3c2sc2ccccc23)c1. The number of nitrogens with zero attached hydrogens (tertiary/aromatic N) is 2. The number of hydrogen-bond donors (Lipinski definition) is 0. The van der Waals surface area contributed by atoms with Crippen LogP contribution < -0.4 is 0 Å². The molecule has 0 aliphatic carbocycles. The summed E-state index contributed by atoms with van der Waals surface area (Å²) >= 11 is 3.59. The van der Waals surface area contributed by atoms with E-state index < -0.39 is 0 Å². The first-order valence-electron chi connectivity index (χ1n) is 11.9. The van der Waals surface area contributed by atoms with Gasteiger partial charge in [-0.2, -0.15) is 0 Å². The molecule has 8 aromatic rings. The molecule has 0 amide bonds. The van der Waals surface area contributed by atoms with Crippen LogP contribution in [0.4, 0.5) is 0 Å². The monoisotopic (exact) mass is 494 g/mol. The van der Waals surface area contributed by atoms with Gasteiger partial charge >= 0.3 is 0 Å². The molecular formula is C32H18N2S2. The van der Waals surface area contributed by atoms with Crippen LogP contribution in [0.25, 0.3) is 73.9 Å². The van der Waals surface area contributed by atoms with Crippen molar-refractivity contribution in [2.24, 2.45) is 0 Å². The minimum atomic E-state index is 0.938. The normalized spacial score (nSPS) is 11.9.